The molecule has 0 saturated carbocycles. The van der Waals surface area contributed by atoms with Crippen molar-refractivity contribution in [2.75, 3.05) is 0 Å². The largest absolute Gasteiger partial charge is 0.460 e. The molecule has 0 aliphatic heterocycles. The number of aryl methyl sites for hydroxylation is 1. The van der Waals surface area contributed by atoms with E-state index in [0.29, 0.717) is 6.42 Å². The zero-order valence-corrected chi connectivity index (χ0v) is 23.2. The van der Waals surface area contributed by atoms with Gasteiger partial charge in [-0.3, -0.25) is 24.2 Å². The monoisotopic (exact) mass is 505 g/mol. The molecule has 1 atom stereocenters. The predicted molar refractivity (Wildman–Crippen MR) is 141 cm³/mol. The van der Waals surface area contributed by atoms with Gasteiger partial charge >= 0.3 is 5.97 Å². The lowest BCUT2D eigenvalue weighted by Gasteiger charge is -2.24. The maximum absolute atomic E-state index is 12.6. The number of hydrogen-bond acceptors (Lipinski definition) is 6. The quantitative estimate of drug-likeness (QED) is 0.182. The highest BCUT2D eigenvalue weighted by Gasteiger charge is 2.25. The van der Waals surface area contributed by atoms with Crippen LogP contribution in [0.4, 0.5) is 0 Å². The molecule has 0 saturated heterocycles. The van der Waals surface area contributed by atoms with Crippen LogP contribution in [-0.2, 0) is 30.4 Å². The number of pyridine rings is 1. The second-order valence-corrected chi connectivity index (χ2v) is 11.3. The Morgan fingerprint density at radius 3 is 2.00 bits per heavy atom. The predicted octanol–water partition coefficient (Wildman–Crippen LogP) is 5.20. The molecule has 0 fully saturated rings. The minimum Gasteiger partial charge on any atom is -0.460 e. The van der Waals surface area contributed by atoms with Crippen molar-refractivity contribution in [1.82, 2.24) is 15.8 Å². The molecule has 0 aliphatic carbocycles. The van der Waals surface area contributed by atoms with E-state index in [1.54, 1.807) is 20.8 Å². The molecule has 0 unspecified atom stereocenters. The second kappa shape index (κ2) is 16.3. The fourth-order valence-electron chi connectivity index (χ4n) is 3.51. The van der Waals surface area contributed by atoms with Crippen molar-refractivity contribution in [1.29, 1.82) is 0 Å². The molecule has 0 aromatic carbocycles. The molecule has 0 aliphatic rings. The standard InChI is InChI=1S/C28H47N3O5/c1-27(2,3)35-25(33)17-16-23(26(34)31-36-28(4,5)6)30-24(32)15-13-11-9-7-8-10-12-14-22-18-20-29-21-19-22/h18-21,23H,7-17H2,1-6H3,(H,30,32)(H,31,34)/t23-/m1/s1. The topological polar surface area (TPSA) is 107 Å². The van der Waals surface area contributed by atoms with Crippen LogP contribution in [0.3, 0.4) is 0 Å². The Labute approximate surface area is 217 Å². The maximum atomic E-state index is 12.6. The Morgan fingerprint density at radius 1 is 0.833 bits per heavy atom. The van der Waals surface area contributed by atoms with E-state index in [-0.39, 0.29) is 18.7 Å². The Balaban J connectivity index is 2.32. The van der Waals surface area contributed by atoms with E-state index in [2.05, 4.69) is 27.9 Å². The van der Waals surface area contributed by atoms with E-state index in [0.717, 1.165) is 32.1 Å². The van der Waals surface area contributed by atoms with Crippen LogP contribution in [0.15, 0.2) is 24.5 Å². The highest BCUT2D eigenvalue weighted by atomic mass is 16.7. The fourth-order valence-corrected chi connectivity index (χ4v) is 3.51. The van der Waals surface area contributed by atoms with E-state index in [1.165, 1.54) is 24.8 Å². The number of hydroxylamine groups is 1. The smallest absolute Gasteiger partial charge is 0.306 e. The second-order valence-electron chi connectivity index (χ2n) is 11.3. The molecule has 8 nitrogen and oxygen atoms in total. The number of aromatic nitrogens is 1. The van der Waals surface area contributed by atoms with Gasteiger partial charge in [-0.2, -0.15) is 0 Å². The number of carbonyl (C=O) groups excluding carboxylic acids is 3. The summed E-state index contributed by atoms with van der Waals surface area (Å²) in [7, 11) is 0. The van der Waals surface area contributed by atoms with E-state index in [1.807, 2.05) is 33.2 Å². The van der Waals surface area contributed by atoms with Gasteiger partial charge in [0.05, 0.1) is 5.60 Å². The zero-order chi connectivity index (χ0) is 27.0. The summed E-state index contributed by atoms with van der Waals surface area (Å²) in [5.74, 6) is -1.09. The number of hydrogen-bond donors (Lipinski definition) is 2. The van der Waals surface area contributed by atoms with Crippen LogP contribution >= 0.6 is 0 Å². The number of nitrogens with one attached hydrogen (secondary N) is 2. The van der Waals surface area contributed by atoms with Crippen molar-refractivity contribution >= 4 is 17.8 Å². The van der Waals surface area contributed by atoms with Crippen molar-refractivity contribution < 1.29 is 24.0 Å². The van der Waals surface area contributed by atoms with Gasteiger partial charge in [-0.1, -0.05) is 32.1 Å². The Kier molecular flexibility index (Phi) is 14.3. The molecule has 0 bridgehead atoms. The van der Waals surface area contributed by atoms with Crippen LogP contribution < -0.4 is 10.8 Å². The normalized spacial score (nSPS) is 12.6. The summed E-state index contributed by atoms with van der Waals surface area (Å²) in [6.45, 7) is 10.8. The zero-order valence-electron chi connectivity index (χ0n) is 23.2. The maximum Gasteiger partial charge on any atom is 0.306 e. The minimum atomic E-state index is -0.868. The lowest BCUT2D eigenvalue weighted by molar-refractivity contribution is -0.156. The number of rotatable bonds is 16. The van der Waals surface area contributed by atoms with Crippen LogP contribution in [0, 0.1) is 0 Å². The minimum absolute atomic E-state index is 0.0202. The molecule has 204 valence electrons. The van der Waals surface area contributed by atoms with Gasteiger partial charge in [0.1, 0.15) is 11.6 Å². The molecule has 1 heterocycles. The van der Waals surface area contributed by atoms with Crippen molar-refractivity contribution in [2.24, 2.45) is 0 Å². The molecule has 0 spiro atoms. The summed E-state index contributed by atoms with van der Waals surface area (Å²) in [6, 6.07) is 3.26. The number of ether oxygens (including phenoxy) is 1. The molecular weight excluding hydrogens is 458 g/mol. The molecule has 1 rings (SSSR count). The Hall–Kier alpha value is -2.48. The van der Waals surface area contributed by atoms with Crippen molar-refractivity contribution in [2.45, 2.75) is 129 Å². The number of unbranched alkanes of at least 4 members (excludes halogenated alkanes) is 6. The molecular formula is C28H47N3O5. The summed E-state index contributed by atoms with van der Waals surface area (Å²) in [5, 5.41) is 2.76. The lowest BCUT2D eigenvalue weighted by atomic mass is 10.0. The van der Waals surface area contributed by atoms with Crippen LogP contribution in [0.25, 0.3) is 0 Å². The first-order valence-electron chi connectivity index (χ1n) is 13.2. The summed E-state index contributed by atoms with van der Waals surface area (Å²) < 4.78 is 5.32. The van der Waals surface area contributed by atoms with Crippen LogP contribution in [0.2, 0.25) is 0 Å². The fraction of sp³-hybridized carbons (Fsp3) is 0.714. The number of carbonyl (C=O) groups is 3. The number of amides is 2. The van der Waals surface area contributed by atoms with Gasteiger partial charge in [0, 0.05) is 25.2 Å². The van der Waals surface area contributed by atoms with Gasteiger partial charge in [0.15, 0.2) is 0 Å². The molecule has 2 amide bonds. The first-order valence-corrected chi connectivity index (χ1v) is 13.2. The van der Waals surface area contributed by atoms with Crippen LogP contribution in [0.1, 0.15) is 111 Å². The third-order valence-corrected chi connectivity index (χ3v) is 5.29. The van der Waals surface area contributed by atoms with E-state index >= 15 is 0 Å². The van der Waals surface area contributed by atoms with Gasteiger partial charge in [-0.05, 0) is 84.9 Å². The highest BCUT2D eigenvalue weighted by molar-refractivity contribution is 5.87. The van der Waals surface area contributed by atoms with Gasteiger partial charge in [0.2, 0.25) is 5.91 Å². The van der Waals surface area contributed by atoms with E-state index in [9.17, 15) is 14.4 Å². The summed E-state index contributed by atoms with van der Waals surface area (Å²) in [5.41, 5.74) is 2.56. The number of esters is 1. The third-order valence-electron chi connectivity index (χ3n) is 5.29. The summed E-state index contributed by atoms with van der Waals surface area (Å²) in [6.07, 6.45) is 12.8. The van der Waals surface area contributed by atoms with Gasteiger partial charge in [-0.15, -0.1) is 0 Å². The Morgan fingerprint density at radius 2 is 1.42 bits per heavy atom. The molecule has 2 N–H and O–H groups in total. The van der Waals surface area contributed by atoms with E-state index in [4.69, 9.17) is 9.57 Å². The molecule has 1 aromatic rings. The van der Waals surface area contributed by atoms with Crippen molar-refractivity contribution in [3.8, 4) is 0 Å². The van der Waals surface area contributed by atoms with Crippen molar-refractivity contribution in [3.63, 3.8) is 0 Å². The van der Waals surface area contributed by atoms with Gasteiger partial charge in [0.25, 0.3) is 5.91 Å². The first kappa shape index (κ1) is 31.5. The average Bonchev–Trinajstić information content (AvgIpc) is 2.78. The molecule has 1 aromatic heterocycles. The first-order chi connectivity index (χ1) is 16.9. The summed E-state index contributed by atoms with van der Waals surface area (Å²) in [4.78, 5) is 46.6. The van der Waals surface area contributed by atoms with E-state index < -0.39 is 29.1 Å². The SMILES string of the molecule is CC(C)(C)ONC(=O)[C@@H](CCC(=O)OC(C)(C)C)NC(=O)CCCCCCCCCc1ccncc1. The molecule has 0 radical (unpaired) electrons. The Bertz CT molecular complexity index is 785. The van der Waals surface area contributed by atoms with Gasteiger partial charge in [-0.25, -0.2) is 5.48 Å². The lowest BCUT2D eigenvalue weighted by Crippen LogP contribution is -2.48. The molecule has 36 heavy (non-hydrogen) atoms. The molecule has 8 heteroatoms. The van der Waals surface area contributed by atoms with Crippen molar-refractivity contribution in [3.05, 3.63) is 30.1 Å². The van der Waals surface area contributed by atoms with Crippen LogP contribution in [-0.4, -0.2) is 40.0 Å². The highest BCUT2D eigenvalue weighted by Crippen LogP contribution is 2.13. The average molecular weight is 506 g/mol. The number of nitrogens with zero attached hydrogens (tertiary/aromatic N) is 1. The third kappa shape index (κ3) is 17.0. The van der Waals surface area contributed by atoms with Crippen LogP contribution in [0.5, 0.6) is 0 Å². The van der Waals surface area contributed by atoms with Gasteiger partial charge < -0.3 is 10.1 Å². The summed E-state index contributed by atoms with van der Waals surface area (Å²) >= 11 is 0.